The summed E-state index contributed by atoms with van der Waals surface area (Å²) in [4.78, 5) is 3.03. The second-order valence-electron chi connectivity index (χ2n) is 6.62. The summed E-state index contributed by atoms with van der Waals surface area (Å²) in [6.45, 7) is 9.72. The maximum absolute atomic E-state index is 2.55. The molecule has 0 spiro atoms. The van der Waals surface area contributed by atoms with Gasteiger partial charge in [-0.05, 0) is 58.7 Å². The molecule has 4 rings (SSSR count). The van der Waals surface area contributed by atoms with E-state index in [9.17, 15) is 0 Å². The van der Waals surface area contributed by atoms with Crippen molar-refractivity contribution in [1.29, 1.82) is 0 Å². The van der Waals surface area contributed by atoms with Crippen LogP contribution in [0, 0.1) is 0 Å². The second-order valence-corrected chi connectivity index (χ2v) is 13.0. The zero-order valence-corrected chi connectivity index (χ0v) is 20.9. The van der Waals surface area contributed by atoms with Crippen LogP contribution in [0.5, 0.6) is 0 Å². The minimum atomic E-state index is -1.64. The van der Waals surface area contributed by atoms with E-state index in [4.69, 9.17) is 0 Å². The van der Waals surface area contributed by atoms with Gasteiger partial charge in [0.05, 0.1) is 0 Å². The minimum absolute atomic E-state index is 0. The third kappa shape index (κ3) is 3.37. The number of fused-ring (bicyclic) bond motifs is 2. The first-order valence-electron chi connectivity index (χ1n) is 7.53. The van der Waals surface area contributed by atoms with Crippen LogP contribution >= 0.6 is 23.5 Å². The molecule has 0 radical (unpaired) electrons. The maximum Gasteiger partial charge on any atom is 2.00 e. The molecule has 24 heavy (non-hydrogen) atoms. The number of allylic oxidation sites excluding steroid dienone is 8. The van der Waals surface area contributed by atoms with Gasteiger partial charge in [0.15, 0.2) is 0 Å². The molecule has 6 heteroatoms. The third-order valence-electron chi connectivity index (χ3n) is 4.86. The number of thioether (sulfide) groups is 2. The Morgan fingerprint density at radius 2 is 1.17 bits per heavy atom. The van der Waals surface area contributed by atoms with E-state index >= 15 is 0 Å². The van der Waals surface area contributed by atoms with Crippen molar-refractivity contribution < 1.29 is 51.0 Å². The largest absolute Gasteiger partial charge is 2.00 e. The van der Waals surface area contributed by atoms with Gasteiger partial charge >= 0.3 is 26.2 Å². The first-order chi connectivity index (χ1) is 10.00. The van der Waals surface area contributed by atoms with Gasteiger partial charge in [-0.2, -0.15) is 0 Å². The quantitative estimate of drug-likeness (QED) is 0.481. The van der Waals surface area contributed by atoms with Crippen LogP contribution < -0.4 is 24.8 Å². The molecular weight excluding hydrogens is 471 g/mol. The molecule has 0 aromatic heterocycles. The molecule has 0 N–H and O–H groups in total. The van der Waals surface area contributed by atoms with Crippen molar-refractivity contribution in [1.82, 2.24) is 0 Å². The number of halogens is 2. The van der Waals surface area contributed by atoms with Crippen LogP contribution in [0.15, 0.2) is 66.8 Å². The van der Waals surface area contributed by atoms with Crippen LogP contribution in [0.25, 0.3) is 0 Å². The van der Waals surface area contributed by atoms with Gasteiger partial charge in [-0.25, -0.2) is 0 Å². The van der Waals surface area contributed by atoms with Gasteiger partial charge in [0.1, 0.15) is 8.07 Å². The van der Waals surface area contributed by atoms with Gasteiger partial charge < -0.3 is 24.8 Å². The Morgan fingerprint density at radius 3 is 1.54 bits per heavy atom. The summed E-state index contributed by atoms with van der Waals surface area (Å²) >= 11 is 4.00. The molecule has 0 fully saturated rings. The van der Waals surface area contributed by atoms with E-state index in [1.165, 1.54) is 21.0 Å². The molecular formula is C18H20Cl2S2SiZr. The van der Waals surface area contributed by atoms with Gasteiger partial charge in [-0.1, -0.05) is 25.2 Å². The van der Waals surface area contributed by atoms with Gasteiger partial charge in [0.25, 0.3) is 0 Å². The van der Waals surface area contributed by atoms with Gasteiger partial charge in [-0.3, -0.25) is 0 Å². The van der Waals surface area contributed by atoms with Crippen molar-refractivity contribution in [3.63, 3.8) is 0 Å². The fourth-order valence-corrected chi connectivity index (χ4v) is 10.7. The average molecular weight is 491 g/mol. The summed E-state index contributed by atoms with van der Waals surface area (Å²) in [6, 6.07) is 0. The van der Waals surface area contributed by atoms with E-state index in [0.29, 0.717) is 0 Å². The molecule has 0 saturated carbocycles. The van der Waals surface area contributed by atoms with Crippen molar-refractivity contribution in [2.45, 2.75) is 26.9 Å². The summed E-state index contributed by atoms with van der Waals surface area (Å²) in [5, 5.41) is 3.37. The number of hydrogen-bond donors (Lipinski definition) is 0. The Kier molecular flexibility index (Phi) is 7.84. The first-order valence-corrected chi connectivity index (χ1v) is 12.5. The smallest absolute Gasteiger partial charge is 1.00 e. The van der Waals surface area contributed by atoms with Crippen molar-refractivity contribution in [2.24, 2.45) is 0 Å². The number of rotatable bonds is 2. The van der Waals surface area contributed by atoms with Crippen LogP contribution in [0.2, 0.25) is 13.1 Å². The molecule has 0 nitrogen and oxygen atoms in total. The summed E-state index contributed by atoms with van der Waals surface area (Å²) in [5.74, 6) is 2.31. The van der Waals surface area contributed by atoms with Crippen LogP contribution in [0.4, 0.5) is 0 Å². The fourth-order valence-electron chi connectivity index (χ4n) is 4.22. The standard InChI is InChI=1S/C18H20S2Si.2ClH.Zr/c1-11-9-15-13(5-7-19-15)17(11)21(3,4)18-12(2)10-16-14(18)6-8-20-16;;;/h5-6,9-10H,7-8H2,1-4H3;2*1H;/q;;;+2/p-2. The summed E-state index contributed by atoms with van der Waals surface area (Å²) in [6.07, 6.45) is 9.75. The molecule has 0 unspecified atom stereocenters. The molecule has 0 amide bonds. The Bertz CT molecular complexity index is 693. The Morgan fingerprint density at radius 1 is 0.792 bits per heavy atom. The minimum Gasteiger partial charge on any atom is -1.00 e. The van der Waals surface area contributed by atoms with Crippen molar-refractivity contribution in [2.75, 3.05) is 11.5 Å². The Labute approximate surface area is 186 Å². The third-order valence-corrected chi connectivity index (χ3v) is 10.6. The predicted molar refractivity (Wildman–Crippen MR) is 100 cm³/mol. The molecule has 2 heterocycles. The SMILES string of the molecule is CC1=C([Si](C)(C)C2=C(C)C=C3SCC=C32)C2=CCSC2=C1.[Cl-].[Cl-].[Zr+2]. The normalized spacial score (nSPS) is 21.2. The van der Waals surface area contributed by atoms with Crippen LogP contribution in [-0.4, -0.2) is 19.6 Å². The monoisotopic (exact) mass is 488 g/mol. The second kappa shape index (κ2) is 8.23. The van der Waals surface area contributed by atoms with E-state index < -0.39 is 8.07 Å². The molecule has 2 aliphatic carbocycles. The maximum atomic E-state index is 2.55. The Hall–Kier alpha value is 0.820. The fraction of sp³-hybridized carbons (Fsp3) is 0.333. The van der Waals surface area contributed by atoms with Crippen LogP contribution in [0.1, 0.15) is 13.8 Å². The van der Waals surface area contributed by atoms with Crippen molar-refractivity contribution in [3.8, 4) is 0 Å². The molecule has 0 atom stereocenters. The average Bonchev–Trinajstić information content (AvgIpc) is 3.07. The van der Waals surface area contributed by atoms with E-state index in [0.717, 1.165) is 11.5 Å². The van der Waals surface area contributed by atoms with E-state index in [1.54, 1.807) is 21.5 Å². The van der Waals surface area contributed by atoms with Gasteiger partial charge in [-0.15, -0.1) is 23.5 Å². The molecule has 2 aliphatic heterocycles. The molecule has 0 bridgehead atoms. The first kappa shape index (κ1) is 22.9. The van der Waals surface area contributed by atoms with Crippen molar-refractivity contribution >= 4 is 31.6 Å². The molecule has 126 valence electrons. The molecule has 0 saturated heterocycles. The Balaban J connectivity index is 0.000000960. The van der Waals surface area contributed by atoms with Crippen molar-refractivity contribution in [3.05, 3.63) is 66.8 Å². The van der Waals surface area contributed by atoms with E-state index in [-0.39, 0.29) is 51.0 Å². The van der Waals surface area contributed by atoms with Crippen LogP contribution in [-0.2, 0) is 26.2 Å². The van der Waals surface area contributed by atoms with Gasteiger partial charge in [0.2, 0.25) is 0 Å². The van der Waals surface area contributed by atoms with E-state index in [1.807, 2.05) is 23.5 Å². The van der Waals surface area contributed by atoms with Crippen LogP contribution in [0.3, 0.4) is 0 Å². The zero-order chi connectivity index (χ0) is 14.8. The topological polar surface area (TPSA) is 0 Å². The summed E-state index contributed by atoms with van der Waals surface area (Å²) in [7, 11) is -1.64. The predicted octanol–water partition coefficient (Wildman–Crippen LogP) is -0.447. The van der Waals surface area contributed by atoms with Gasteiger partial charge in [0, 0.05) is 21.3 Å². The summed E-state index contributed by atoms with van der Waals surface area (Å²) < 4.78 is 0. The summed E-state index contributed by atoms with van der Waals surface area (Å²) in [5.41, 5.74) is 6.16. The number of hydrogen-bond acceptors (Lipinski definition) is 2. The molecule has 0 aromatic rings. The molecule has 4 aliphatic rings. The zero-order valence-electron chi connectivity index (χ0n) is 14.3. The molecule has 0 aromatic carbocycles. The van der Waals surface area contributed by atoms with E-state index in [2.05, 4.69) is 51.2 Å².